The number of nitrogens with one attached hydrogen (secondary N) is 1. The number of hydrogen-bond acceptors (Lipinski definition) is 7. The SMILES string of the molecule is COc1ccc2oc3c(N4C[C@H]5CCN[C@H]5C4)nc(N)nc3c2c1. The zero-order chi connectivity index (χ0) is 16.3. The Hall–Kier alpha value is -2.54. The second-order valence-corrected chi connectivity index (χ2v) is 6.56. The normalized spacial score (nSPS) is 23.3. The highest BCUT2D eigenvalue weighted by Crippen LogP contribution is 2.37. The molecule has 2 aliphatic heterocycles. The molecule has 0 unspecified atom stereocenters. The summed E-state index contributed by atoms with van der Waals surface area (Å²) in [5.74, 6) is 2.50. The Kier molecular flexibility index (Phi) is 2.87. The molecule has 24 heavy (non-hydrogen) atoms. The molecule has 0 bridgehead atoms. The smallest absolute Gasteiger partial charge is 0.222 e. The van der Waals surface area contributed by atoms with E-state index < -0.39 is 0 Å². The maximum absolute atomic E-state index is 6.07. The van der Waals surface area contributed by atoms with Gasteiger partial charge >= 0.3 is 0 Å². The fraction of sp³-hybridized carbons (Fsp3) is 0.412. The molecule has 7 heteroatoms. The number of ether oxygens (including phenoxy) is 1. The van der Waals surface area contributed by atoms with Crippen LogP contribution >= 0.6 is 0 Å². The number of furan rings is 1. The van der Waals surface area contributed by atoms with Crippen molar-refractivity contribution >= 4 is 33.8 Å². The molecule has 0 spiro atoms. The average molecular weight is 325 g/mol. The minimum absolute atomic E-state index is 0.271. The summed E-state index contributed by atoms with van der Waals surface area (Å²) in [6, 6.07) is 6.24. The summed E-state index contributed by atoms with van der Waals surface area (Å²) in [6.07, 6.45) is 1.21. The largest absolute Gasteiger partial charge is 0.497 e. The minimum Gasteiger partial charge on any atom is -0.497 e. The van der Waals surface area contributed by atoms with Crippen LogP contribution in [0, 0.1) is 5.92 Å². The summed E-state index contributed by atoms with van der Waals surface area (Å²) < 4.78 is 11.4. The Morgan fingerprint density at radius 2 is 2.25 bits per heavy atom. The molecular formula is C17H19N5O2. The van der Waals surface area contributed by atoms with Crippen LogP contribution in [0.5, 0.6) is 5.75 Å². The first-order valence-corrected chi connectivity index (χ1v) is 8.25. The van der Waals surface area contributed by atoms with Gasteiger partial charge in [0.1, 0.15) is 16.8 Å². The van der Waals surface area contributed by atoms with Crippen molar-refractivity contribution < 1.29 is 9.15 Å². The second kappa shape index (κ2) is 4.98. The lowest BCUT2D eigenvalue weighted by Crippen LogP contribution is -2.30. The van der Waals surface area contributed by atoms with E-state index in [0.29, 0.717) is 17.5 Å². The van der Waals surface area contributed by atoms with Crippen molar-refractivity contribution in [2.45, 2.75) is 12.5 Å². The monoisotopic (exact) mass is 325 g/mol. The number of nitrogens with zero attached hydrogens (tertiary/aromatic N) is 3. The van der Waals surface area contributed by atoms with E-state index in [0.717, 1.165) is 47.7 Å². The van der Waals surface area contributed by atoms with Crippen molar-refractivity contribution in [1.29, 1.82) is 0 Å². The number of nitrogens with two attached hydrogens (primary N) is 1. The van der Waals surface area contributed by atoms with Gasteiger partial charge in [0.25, 0.3) is 0 Å². The molecule has 2 saturated heterocycles. The minimum atomic E-state index is 0.271. The lowest BCUT2D eigenvalue weighted by Gasteiger charge is -2.18. The standard InChI is InChI=1S/C17H19N5O2/c1-23-10-2-3-13-11(6-10)14-15(24-13)16(21-17(18)20-14)22-7-9-4-5-19-12(9)8-22/h2-3,6,9,12,19H,4-5,7-8H2,1H3,(H2,18,20,21)/t9-,12+/m1/s1. The van der Waals surface area contributed by atoms with Crippen LogP contribution in [0.25, 0.3) is 22.1 Å². The summed E-state index contributed by atoms with van der Waals surface area (Å²) in [4.78, 5) is 11.2. The van der Waals surface area contributed by atoms with Gasteiger partial charge in [-0.05, 0) is 37.1 Å². The van der Waals surface area contributed by atoms with E-state index in [1.807, 2.05) is 18.2 Å². The van der Waals surface area contributed by atoms with Crippen LogP contribution in [-0.4, -0.2) is 42.8 Å². The van der Waals surface area contributed by atoms with Gasteiger partial charge in [-0.3, -0.25) is 0 Å². The van der Waals surface area contributed by atoms with E-state index in [-0.39, 0.29) is 5.95 Å². The fourth-order valence-electron chi connectivity index (χ4n) is 3.99. The molecule has 2 atom stereocenters. The third kappa shape index (κ3) is 1.94. The molecule has 3 N–H and O–H groups in total. The molecule has 0 amide bonds. The number of methoxy groups -OCH3 is 1. The summed E-state index contributed by atoms with van der Waals surface area (Å²) in [6.45, 7) is 3.01. The molecule has 124 valence electrons. The van der Waals surface area contributed by atoms with E-state index in [2.05, 4.69) is 20.2 Å². The van der Waals surface area contributed by atoms with Crippen molar-refractivity contribution in [1.82, 2.24) is 15.3 Å². The van der Waals surface area contributed by atoms with E-state index in [1.54, 1.807) is 7.11 Å². The summed E-state index contributed by atoms with van der Waals surface area (Å²) in [5, 5.41) is 4.46. The second-order valence-electron chi connectivity index (χ2n) is 6.56. The highest BCUT2D eigenvalue weighted by atomic mass is 16.5. The summed E-state index contributed by atoms with van der Waals surface area (Å²) in [5.41, 5.74) is 8.21. The molecule has 3 aromatic rings. The van der Waals surface area contributed by atoms with Crippen LogP contribution in [0.1, 0.15) is 6.42 Å². The van der Waals surface area contributed by atoms with Crippen molar-refractivity contribution in [3.05, 3.63) is 18.2 Å². The number of nitrogen functional groups attached to an aromatic ring is 1. The number of fused-ring (bicyclic) bond motifs is 4. The van der Waals surface area contributed by atoms with Gasteiger partial charge < -0.3 is 25.1 Å². The summed E-state index contributed by atoms with van der Waals surface area (Å²) >= 11 is 0. The van der Waals surface area contributed by atoms with Crippen LogP contribution in [0.2, 0.25) is 0 Å². The molecule has 4 heterocycles. The number of rotatable bonds is 2. The zero-order valence-electron chi connectivity index (χ0n) is 13.5. The Balaban J connectivity index is 1.68. The first-order valence-electron chi connectivity index (χ1n) is 8.25. The predicted molar refractivity (Wildman–Crippen MR) is 92.4 cm³/mol. The Morgan fingerprint density at radius 3 is 3.08 bits per heavy atom. The molecule has 2 aliphatic rings. The quantitative estimate of drug-likeness (QED) is 0.742. The van der Waals surface area contributed by atoms with Crippen LogP contribution in [-0.2, 0) is 0 Å². The van der Waals surface area contributed by atoms with Crippen LogP contribution in [0.4, 0.5) is 11.8 Å². The topological polar surface area (TPSA) is 89.4 Å². The Bertz CT molecular complexity index is 926. The van der Waals surface area contributed by atoms with Crippen LogP contribution in [0.3, 0.4) is 0 Å². The average Bonchev–Trinajstić information content (AvgIpc) is 3.26. The lowest BCUT2D eigenvalue weighted by atomic mass is 10.1. The van der Waals surface area contributed by atoms with Crippen molar-refractivity contribution in [2.75, 3.05) is 37.4 Å². The van der Waals surface area contributed by atoms with Crippen molar-refractivity contribution in [3.8, 4) is 5.75 Å². The van der Waals surface area contributed by atoms with Gasteiger partial charge in [-0.15, -0.1) is 0 Å². The molecule has 1 aromatic carbocycles. The van der Waals surface area contributed by atoms with Crippen molar-refractivity contribution in [3.63, 3.8) is 0 Å². The van der Waals surface area contributed by atoms with Gasteiger partial charge in [0.2, 0.25) is 5.95 Å². The van der Waals surface area contributed by atoms with Crippen LogP contribution < -0.4 is 20.7 Å². The first-order chi connectivity index (χ1) is 11.7. The number of benzene rings is 1. The lowest BCUT2D eigenvalue weighted by molar-refractivity contribution is 0.415. The highest BCUT2D eigenvalue weighted by Gasteiger charge is 2.37. The summed E-state index contributed by atoms with van der Waals surface area (Å²) in [7, 11) is 1.65. The van der Waals surface area contributed by atoms with E-state index in [9.17, 15) is 0 Å². The van der Waals surface area contributed by atoms with E-state index in [4.69, 9.17) is 14.9 Å². The molecule has 2 aromatic heterocycles. The number of aromatic nitrogens is 2. The number of hydrogen-bond donors (Lipinski definition) is 2. The molecular weight excluding hydrogens is 306 g/mol. The molecule has 2 fully saturated rings. The predicted octanol–water partition coefficient (Wildman–Crippen LogP) is 1.76. The molecule has 0 saturated carbocycles. The van der Waals surface area contributed by atoms with Gasteiger partial charge in [0.15, 0.2) is 11.4 Å². The molecule has 5 rings (SSSR count). The molecule has 7 nitrogen and oxygen atoms in total. The Labute approximate surface area is 138 Å². The third-order valence-electron chi connectivity index (χ3n) is 5.18. The highest BCUT2D eigenvalue weighted by molar-refractivity contribution is 6.06. The maximum atomic E-state index is 6.07. The van der Waals surface area contributed by atoms with Gasteiger partial charge in [-0.1, -0.05) is 0 Å². The van der Waals surface area contributed by atoms with E-state index in [1.165, 1.54) is 6.42 Å². The van der Waals surface area contributed by atoms with Gasteiger partial charge in [0, 0.05) is 19.1 Å². The third-order valence-corrected chi connectivity index (χ3v) is 5.18. The zero-order valence-corrected chi connectivity index (χ0v) is 13.5. The first kappa shape index (κ1) is 13.9. The van der Waals surface area contributed by atoms with E-state index >= 15 is 0 Å². The fourth-order valence-corrected chi connectivity index (χ4v) is 3.99. The Morgan fingerprint density at radius 1 is 1.33 bits per heavy atom. The van der Waals surface area contributed by atoms with Gasteiger partial charge in [0.05, 0.1) is 12.5 Å². The maximum Gasteiger partial charge on any atom is 0.222 e. The molecule has 0 aliphatic carbocycles. The van der Waals surface area contributed by atoms with Gasteiger partial charge in [-0.25, -0.2) is 4.98 Å². The van der Waals surface area contributed by atoms with Crippen LogP contribution in [0.15, 0.2) is 22.6 Å². The van der Waals surface area contributed by atoms with Gasteiger partial charge in [-0.2, -0.15) is 4.98 Å². The molecule has 0 radical (unpaired) electrons. The number of anilines is 2. The van der Waals surface area contributed by atoms with Crippen molar-refractivity contribution in [2.24, 2.45) is 5.92 Å².